The first-order valence-electron chi connectivity index (χ1n) is 11.0. The van der Waals surface area contributed by atoms with Crippen LogP contribution >= 0.6 is 23.4 Å². The van der Waals surface area contributed by atoms with E-state index < -0.39 is 6.04 Å². The molecule has 0 radical (unpaired) electrons. The molecule has 1 heterocycles. The molecule has 0 saturated carbocycles. The maximum Gasteiger partial charge on any atom is 0.253 e. The van der Waals surface area contributed by atoms with Gasteiger partial charge in [-0.15, -0.1) is 0 Å². The van der Waals surface area contributed by atoms with Gasteiger partial charge in [0.1, 0.15) is 11.8 Å². The van der Waals surface area contributed by atoms with Gasteiger partial charge >= 0.3 is 0 Å². The number of carbonyl (C=O) groups excluding carboxylic acids is 2. The molecule has 1 N–H and O–H groups in total. The number of likely N-dealkylation sites (tertiary alicyclic amines) is 1. The standard InChI is InChI=1S/C25H31ClN2O3S/c1-31-20-9-7-18(8-10-20)17-19-11-14-28(15-12-19)25(30)23(13-16-32-2)27-24(29)21-5-3-4-6-22(21)26/h3-10,19,23H,11-17H2,1-2H3,(H,27,29). The normalized spacial score (nSPS) is 15.3. The number of amides is 2. The zero-order valence-corrected chi connectivity index (χ0v) is 20.3. The van der Waals surface area contributed by atoms with Crippen molar-refractivity contribution in [3.05, 3.63) is 64.7 Å². The molecule has 2 amide bonds. The third kappa shape index (κ3) is 6.66. The number of carbonyl (C=O) groups is 2. The third-order valence-electron chi connectivity index (χ3n) is 5.94. The van der Waals surface area contributed by atoms with Crippen LogP contribution in [0.3, 0.4) is 0 Å². The number of rotatable bonds is 9. The van der Waals surface area contributed by atoms with E-state index in [9.17, 15) is 9.59 Å². The van der Waals surface area contributed by atoms with E-state index >= 15 is 0 Å². The van der Waals surface area contributed by atoms with Crippen LogP contribution in [0.5, 0.6) is 5.75 Å². The van der Waals surface area contributed by atoms with Crippen molar-refractivity contribution in [2.24, 2.45) is 5.92 Å². The number of nitrogens with one attached hydrogen (secondary N) is 1. The summed E-state index contributed by atoms with van der Waals surface area (Å²) < 4.78 is 5.23. The second-order valence-corrected chi connectivity index (χ2v) is 9.50. The molecular weight excluding hydrogens is 444 g/mol. The molecule has 1 unspecified atom stereocenters. The van der Waals surface area contributed by atoms with Gasteiger partial charge in [-0.3, -0.25) is 9.59 Å². The Morgan fingerprint density at radius 3 is 2.47 bits per heavy atom. The van der Waals surface area contributed by atoms with Gasteiger partial charge in [-0.05, 0) is 73.4 Å². The zero-order chi connectivity index (χ0) is 22.9. The molecule has 1 atom stereocenters. The molecule has 2 aromatic carbocycles. The molecule has 1 aliphatic heterocycles. The average molecular weight is 475 g/mol. The number of hydrogen-bond acceptors (Lipinski definition) is 4. The van der Waals surface area contributed by atoms with Crippen molar-refractivity contribution in [1.82, 2.24) is 10.2 Å². The van der Waals surface area contributed by atoms with Crippen LogP contribution in [0, 0.1) is 5.92 Å². The Bertz CT molecular complexity index is 898. The lowest BCUT2D eigenvalue weighted by Gasteiger charge is -2.34. The quantitative estimate of drug-likeness (QED) is 0.573. The van der Waals surface area contributed by atoms with Crippen LogP contribution in [0.15, 0.2) is 48.5 Å². The van der Waals surface area contributed by atoms with Crippen molar-refractivity contribution in [2.45, 2.75) is 31.7 Å². The number of thioether (sulfide) groups is 1. The molecule has 7 heteroatoms. The molecule has 1 saturated heterocycles. The van der Waals surface area contributed by atoms with Crippen LogP contribution in [0.25, 0.3) is 0 Å². The predicted octanol–water partition coefficient (Wildman–Crippen LogP) is 4.68. The second-order valence-electron chi connectivity index (χ2n) is 8.11. The second kappa shape index (κ2) is 12.2. The lowest BCUT2D eigenvalue weighted by molar-refractivity contribution is -0.134. The molecular formula is C25H31ClN2O3S. The van der Waals surface area contributed by atoms with Gasteiger partial charge in [0.25, 0.3) is 5.91 Å². The summed E-state index contributed by atoms with van der Waals surface area (Å²) >= 11 is 7.83. The number of hydrogen-bond donors (Lipinski definition) is 1. The van der Waals surface area contributed by atoms with Crippen molar-refractivity contribution >= 4 is 35.2 Å². The summed E-state index contributed by atoms with van der Waals surface area (Å²) in [6.45, 7) is 1.44. The molecule has 1 fully saturated rings. The van der Waals surface area contributed by atoms with E-state index in [0.717, 1.165) is 43.9 Å². The fourth-order valence-corrected chi connectivity index (χ4v) is 4.74. The van der Waals surface area contributed by atoms with Gasteiger partial charge in [-0.25, -0.2) is 0 Å². The number of halogens is 1. The van der Waals surface area contributed by atoms with Crippen LogP contribution in [-0.2, 0) is 11.2 Å². The Morgan fingerprint density at radius 2 is 1.84 bits per heavy atom. The zero-order valence-electron chi connectivity index (χ0n) is 18.7. The highest BCUT2D eigenvalue weighted by molar-refractivity contribution is 7.98. The van der Waals surface area contributed by atoms with Crippen LogP contribution in [0.4, 0.5) is 0 Å². The van der Waals surface area contributed by atoms with Gasteiger partial charge in [0, 0.05) is 13.1 Å². The summed E-state index contributed by atoms with van der Waals surface area (Å²) in [6, 6.07) is 14.6. The molecule has 5 nitrogen and oxygen atoms in total. The fourth-order valence-electron chi connectivity index (χ4n) is 4.05. The molecule has 0 aromatic heterocycles. The largest absolute Gasteiger partial charge is 0.497 e. The summed E-state index contributed by atoms with van der Waals surface area (Å²) in [5.41, 5.74) is 1.69. The minimum Gasteiger partial charge on any atom is -0.497 e. The Labute approximate surface area is 199 Å². The Kier molecular flexibility index (Phi) is 9.30. The Morgan fingerprint density at radius 1 is 1.16 bits per heavy atom. The lowest BCUT2D eigenvalue weighted by atomic mass is 9.90. The molecule has 0 spiro atoms. The molecule has 0 aliphatic carbocycles. The van der Waals surface area contributed by atoms with Crippen molar-refractivity contribution in [3.63, 3.8) is 0 Å². The highest BCUT2D eigenvalue weighted by atomic mass is 35.5. The van der Waals surface area contributed by atoms with Crippen LogP contribution in [-0.4, -0.2) is 55.0 Å². The monoisotopic (exact) mass is 474 g/mol. The topological polar surface area (TPSA) is 58.6 Å². The highest BCUT2D eigenvalue weighted by Gasteiger charge is 2.29. The van der Waals surface area contributed by atoms with Crippen molar-refractivity contribution < 1.29 is 14.3 Å². The number of piperidine rings is 1. The summed E-state index contributed by atoms with van der Waals surface area (Å²) in [7, 11) is 1.67. The van der Waals surface area contributed by atoms with E-state index in [0.29, 0.717) is 22.9 Å². The highest BCUT2D eigenvalue weighted by Crippen LogP contribution is 2.24. The Balaban J connectivity index is 1.57. The van der Waals surface area contributed by atoms with E-state index in [1.807, 2.05) is 23.3 Å². The van der Waals surface area contributed by atoms with E-state index in [2.05, 4.69) is 17.4 Å². The third-order valence-corrected chi connectivity index (χ3v) is 6.92. The van der Waals surface area contributed by atoms with Gasteiger partial charge < -0.3 is 15.0 Å². The van der Waals surface area contributed by atoms with E-state index in [-0.39, 0.29) is 11.8 Å². The lowest BCUT2D eigenvalue weighted by Crippen LogP contribution is -2.51. The van der Waals surface area contributed by atoms with Gasteiger partial charge in [0.2, 0.25) is 5.91 Å². The minimum atomic E-state index is -0.538. The van der Waals surface area contributed by atoms with Crippen LogP contribution < -0.4 is 10.1 Å². The first kappa shape index (κ1) is 24.5. The van der Waals surface area contributed by atoms with E-state index in [4.69, 9.17) is 16.3 Å². The van der Waals surface area contributed by atoms with Gasteiger partial charge in [-0.2, -0.15) is 11.8 Å². The van der Waals surface area contributed by atoms with E-state index in [1.54, 1.807) is 43.1 Å². The van der Waals surface area contributed by atoms with Gasteiger partial charge in [0.15, 0.2) is 0 Å². The minimum absolute atomic E-state index is 0.00218. The first-order chi connectivity index (χ1) is 15.5. The fraction of sp³-hybridized carbons (Fsp3) is 0.440. The maximum atomic E-state index is 13.2. The predicted molar refractivity (Wildman–Crippen MR) is 132 cm³/mol. The molecule has 2 aromatic rings. The number of ether oxygens (including phenoxy) is 1. The summed E-state index contributed by atoms with van der Waals surface area (Å²) in [6.07, 6.45) is 5.53. The Hall–Kier alpha value is -2.18. The van der Waals surface area contributed by atoms with Crippen molar-refractivity contribution in [1.29, 1.82) is 0 Å². The SMILES string of the molecule is COc1ccc(CC2CCN(C(=O)C(CCSC)NC(=O)c3ccccc3Cl)CC2)cc1. The number of benzene rings is 2. The summed E-state index contributed by atoms with van der Waals surface area (Å²) in [5, 5.41) is 3.32. The van der Waals surface area contributed by atoms with Crippen molar-refractivity contribution in [2.75, 3.05) is 32.2 Å². The van der Waals surface area contributed by atoms with Gasteiger partial charge in [0.05, 0.1) is 17.7 Å². The summed E-state index contributed by atoms with van der Waals surface area (Å²) in [5.74, 6) is 1.92. The number of methoxy groups -OCH3 is 1. The van der Waals surface area contributed by atoms with Crippen molar-refractivity contribution in [3.8, 4) is 5.75 Å². The smallest absolute Gasteiger partial charge is 0.253 e. The molecule has 3 rings (SSSR count). The molecule has 1 aliphatic rings. The van der Waals surface area contributed by atoms with Gasteiger partial charge in [-0.1, -0.05) is 35.9 Å². The first-order valence-corrected chi connectivity index (χ1v) is 12.7. The molecule has 172 valence electrons. The van der Waals surface area contributed by atoms with Crippen LogP contribution in [0.2, 0.25) is 5.02 Å². The molecule has 0 bridgehead atoms. The summed E-state index contributed by atoms with van der Waals surface area (Å²) in [4.78, 5) is 27.9. The van der Waals surface area contributed by atoms with E-state index in [1.165, 1.54) is 5.56 Å². The average Bonchev–Trinajstić information content (AvgIpc) is 2.82. The number of nitrogens with zero attached hydrogens (tertiary/aromatic N) is 1. The van der Waals surface area contributed by atoms with Crippen LogP contribution in [0.1, 0.15) is 35.2 Å². The maximum absolute atomic E-state index is 13.2. The molecule has 32 heavy (non-hydrogen) atoms.